The zero-order chi connectivity index (χ0) is 15.7. The molecule has 1 aliphatic rings. The van der Waals surface area contributed by atoms with E-state index < -0.39 is 0 Å². The topological polar surface area (TPSA) is 76.5 Å². The quantitative estimate of drug-likeness (QED) is 0.944. The molecule has 2 heterocycles. The van der Waals surface area contributed by atoms with Gasteiger partial charge in [-0.2, -0.15) is 0 Å². The molecule has 0 bridgehead atoms. The molecule has 6 heteroatoms. The number of hydrogen-bond donors (Lipinski definition) is 1. The van der Waals surface area contributed by atoms with E-state index in [-0.39, 0.29) is 23.5 Å². The van der Waals surface area contributed by atoms with Gasteiger partial charge < -0.3 is 15.1 Å². The highest BCUT2D eigenvalue weighted by Gasteiger charge is 2.31. The van der Waals surface area contributed by atoms with E-state index in [1.54, 1.807) is 29.2 Å². The van der Waals surface area contributed by atoms with E-state index in [0.717, 1.165) is 5.56 Å². The summed E-state index contributed by atoms with van der Waals surface area (Å²) in [6.45, 7) is 0.870. The first kappa shape index (κ1) is 14.7. The maximum Gasteiger partial charge on any atom is 0.289 e. The largest absolute Gasteiger partial charge is 0.451 e. The highest BCUT2D eigenvalue weighted by atomic mass is 35.5. The molecule has 1 atom stereocenters. The van der Waals surface area contributed by atoms with Crippen molar-refractivity contribution in [2.24, 2.45) is 11.7 Å². The number of carbonyl (C=O) groups is 2. The molecule has 2 aromatic rings. The van der Waals surface area contributed by atoms with E-state index in [0.29, 0.717) is 30.3 Å². The molecule has 5 nitrogen and oxygen atoms in total. The Labute approximate surface area is 132 Å². The van der Waals surface area contributed by atoms with Crippen molar-refractivity contribution in [3.63, 3.8) is 0 Å². The molecule has 1 aliphatic heterocycles. The van der Waals surface area contributed by atoms with Gasteiger partial charge in [0.1, 0.15) is 5.76 Å². The number of nitrogens with two attached hydrogens (primary N) is 1. The number of carbonyl (C=O) groups excluding carboxylic acids is 2. The van der Waals surface area contributed by atoms with Crippen LogP contribution in [0, 0.1) is 5.92 Å². The Morgan fingerprint density at radius 3 is 2.55 bits per heavy atom. The van der Waals surface area contributed by atoms with Gasteiger partial charge in [0.15, 0.2) is 5.76 Å². The zero-order valence-corrected chi connectivity index (χ0v) is 12.5. The maximum absolute atomic E-state index is 12.4. The lowest BCUT2D eigenvalue weighted by Crippen LogP contribution is -2.31. The van der Waals surface area contributed by atoms with Crippen LogP contribution >= 0.6 is 11.6 Å². The Hall–Kier alpha value is -2.27. The van der Waals surface area contributed by atoms with Crippen molar-refractivity contribution in [1.82, 2.24) is 4.90 Å². The lowest BCUT2D eigenvalue weighted by molar-refractivity contribution is -0.121. The lowest BCUT2D eigenvalue weighted by atomic mass is 10.1. The number of primary amides is 1. The molecule has 0 saturated carbocycles. The highest BCUT2D eigenvalue weighted by Crippen LogP contribution is 2.25. The van der Waals surface area contributed by atoms with Gasteiger partial charge in [-0.1, -0.05) is 11.6 Å². The molecule has 0 spiro atoms. The number of benzene rings is 1. The molecular formula is C16H15ClN2O3. The fourth-order valence-corrected chi connectivity index (χ4v) is 2.68. The standard InChI is InChI=1S/C16H15ClN2O3/c17-12-3-1-10(2-4-12)13-5-6-14(22-13)16(21)19-8-7-11(9-19)15(18)20/h1-6,11H,7-9H2,(H2,18,20). The van der Waals surface area contributed by atoms with Crippen molar-refractivity contribution >= 4 is 23.4 Å². The second-order valence-corrected chi connectivity index (χ2v) is 5.75. The fraction of sp³-hybridized carbons (Fsp3) is 0.250. The fourth-order valence-electron chi connectivity index (χ4n) is 2.55. The molecule has 0 aliphatic carbocycles. The monoisotopic (exact) mass is 318 g/mol. The summed E-state index contributed by atoms with van der Waals surface area (Å²) in [6, 6.07) is 10.6. The number of halogens is 1. The Balaban J connectivity index is 1.75. The van der Waals surface area contributed by atoms with Crippen LogP contribution in [0.4, 0.5) is 0 Å². The average molecular weight is 319 g/mol. The van der Waals surface area contributed by atoms with Crippen LogP contribution in [0.3, 0.4) is 0 Å². The summed E-state index contributed by atoms with van der Waals surface area (Å²) >= 11 is 5.85. The minimum atomic E-state index is -0.364. The molecule has 2 amide bonds. The van der Waals surface area contributed by atoms with Gasteiger partial charge in [0.25, 0.3) is 5.91 Å². The predicted octanol–water partition coefficient (Wildman–Crippen LogP) is 2.55. The SMILES string of the molecule is NC(=O)C1CCN(C(=O)c2ccc(-c3ccc(Cl)cc3)o2)C1. The minimum Gasteiger partial charge on any atom is -0.451 e. The van der Waals surface area contributed by atoms with Crippen molar-refractivity contribution in [3.8, 4) is 11.3 Å². The minimum absolute atomic E-state index is 0.219. The Morgan fingerprint density at radius 2 is 1.91 bits per heavy atom. The number of furan rings is 1. The molecule has 1 aromatic heterocycles. The number of likely N-dealkylation sites (tertiary alicyclic amines) is 1. The van der Waals surface area contributed by atoms with Gasteiger partial charge in [-0.05, 0) is 42.8 Å². The van der Waals surface area contributed by atoms with Gasteiger partial charge in [-0.15, -0.1) is 0 Å². The smallest absolute Gasteiger partial charge is 0.289 e. The summed E-state index contributed by atoms with van der Waals surface area (Å²) in [4.78, 5) is 25.1. The van der Waals surface area contributed by atoms with Gasteiger partial charge in [-0.25, -0.2) is 0 Å². The summed E-state index contributed by atoms with van der Waals surface area (Å²) in [5.41, 5.74) is 6.13. The second kappa shape index (κ2) is 5.85. The Kier molecular flexibility index (Phi) is 3.90. The third-order valence-corrected chi connectivity index (χ3v) is 4.08. The predicted molar refractivity (Wildman–Crippen MR) is 82.4 cm³/mol. The van der Waals surface area contributed by atoms with Crippen LogP contribution in [0.1, 0.15) is 17.0 Å². The maximum atomic E-state index is 12.4. The van der Waals surface area contributed by atoms with E-state index >= 15 is 0 Å². The van der Waals surface area contributed by atoms with E-state index in [9.17, 15) is 9.59 Å². The van der Waals surface area contributed by atoms with Crippen molar-refractivity contribution in [2.75, 3.05) is 13.1 Å². The first-order valence-electron chi connectivity index (χ1n) is 6.99. The third kappa shape index (κ3) is 2.85. The summed E-state index contributed by atoms with van der Waals surface area (Å²) < 4.78 is 5.63. The average Bonchev–Trinajstić information content (AvgIpc) is 3.17. The van der Waals surface area contributed by atoms with Crippen molar-refractivity contribution in [2.45, 2.75) is 6.42 Å². The number of amides is 2. The highest BCUT2D eigenvalue weighted by molar-refractivity contribution is 6.30. The summed E-state index contributed by atoms with van der Waals surface area (Å²) in [6.07, 6.45) is 0.603. The van der Waals surface area contributed by atoms with Gasteiger partial charge >= 0.3 is 0 Å². The number of rotatable bonds is 3. The van der Waals surface area contributed by atoms with Gasteiger partial charge in [0.2, 0.25) is 5.91 Å². The summed E-state index contributed by atoms with van der Waals surface area (Å²) in [5, 5.41) is 0.640. The second-order valence-electron chi connectivity index (χ2n) is 5.31. The molecule has 22 heavy (non-hydrogen) atoms. The molecule has 114 valence electrons. The first-order chi connectivity index (χ1) is 10.5. The summed E-state index contributed by atoms with van der Waals surface area (Å²) in [5.74, 6) is 0.0101. The molecule has 3 rings (SSSR count). The van der Waals surface area contributed by atoms with E-state index in [1.807, 2.05) is 12.1 Å². The summed E-state index contributed by atoms with van der Waals surface area (Å²) in [7, 11) is 0. The van der Waals surface area contributed by atoms with Crippen LogP contribution in [0.2, 0.25) is 5.02 Å². The van der Waals surface area contributed by atoms with Gasteiger partial charge in [0.05, 0.1) is 5.92 Å². The van der Waals surface area contributed by atoms with Crippen LogP contribution in [-0.2, 0) is 4.79 Å². The van der Waals surface area contributed by atoms with Crippen LogP contribution in [-0.4, -0.2) is 29.8 Å². The molecule has 2 N–H and O–H groups in total. The van der Waals surface area contributed by atoms with E-state index in [1.165, 1.54) is 0 Å². The molecular weight excluding hydrogens is 304 g/mol. The molecule has 1 unspecified atom stereocenters. The molecule has 0 radical (unpaired) electrons. The van der Waals surface area contributed by atoms with Crippen molar-refractivity contribution in [1.29, 1.82) is 0 Å². The normalized spacial score (nSPS) is 17.7. The number of nitrogens with zero attached hydrogens (tertiary/aromatic N) is 1. The Bertz CT molecular complexity index is 708. The van der Waals surface area contributed by atoms with Crippen LogP contribution in [0.15, 0.2) is 40.8 Å². The molecule has 1 fully saturated rings. The third-order valence-electron chi connectivity index (χ3n) is 3.82. The van der Waals surface area contributed by atoms with Crippen LogP contribution < -0.4 is 5.73 Å². The first-order valence-corrected chi connectivity index (χ1v) is 7.37. The van der Waals surface area contributed by atoms with Gasteiger partial charge in [0, 0.05) is 23.7 Å². The Morgan fingerprint density at radius 1 is 1.18 bits per heavy atom. The number of hydrogen-bond acceptors (Lipinski definition) is 3. The van der Waals surface area contributed by atoms with Gasteiger partial charge in [-0.3, -0.25) is 9.59 Å². The van der Waals surface area contributed by atoms with Crippen LogP contribution in [0.25, 0.3) is 11.3 Å². The molecule has 1 saturated heterocycles. The zero-order valence-electron chi connectivity index (χ0n) is 11.8. The van der Waals surface area contributed by atoms with E-state index in [4.69, 9.17) is 21.8 Å². The molecule has 1 aromatic carbocycles. The van der Waals surface area contributed by atoms with E-state index in [2.05, 4.69) is 0 Å². The van der Waals surface area contributed by atoms with Crippen LogP contribution in [0.5, 0.6) is 0 Å². The lowest BCUT2D eigenvalue weighted by Gasteiger charge is -2.13. The van der Waals surface area contributed by atoms with Crippen molar-refractivity contribution in [3.05, 3.63) is 47.2 Å². The van der Waals surface area contributed by atoms with Crippen molar-refractivity contribution < 1.29 is 14.0 Å².